The lowest BCUT2D eigenvalue weighted by atomic mass is 10.00. The van der Waals surface area contributed by atoms with Gasteiger partial charge in [0.15, 0.2) is 0 Å². The largest absolute Gasteiger partial charge is 0.478 e. The Hall–Kier alpha value is -2.08. The number of methoxy groups -OCH3 is 1. The van der Waals surface area contributed by atoms with Crippen molar-refractivity contribution in [3.05, 3.63) is 35.4 Å². The second-order valence-electron chi connectivity index (χ2n) is 5.90. The minimum atomic E-state index is -0.966. The van der Waals surface area contributed by atoms with E-state index in [0.717, 1.165) is 5.56 Å². The van der Waals surface area contributed by atoms with E-state index in [4.69, 9.17) is 9.84 Å². The highest BCUT2D eigenvalue weighted by molar-refractivity contribution is 5.87. The zero-order valence-electron chi connectivity index (χ0n) is 13.5. The minimum Gasteiger partial charge on any atom is -0.478 e. The van der Waals surface area contributed by atoms with E-state index in [0.29, 0.717) is 13.0 Å². The first kappa shape index (κ1) is 18.0. The van der Waals surface area contributed by atoms with E-state index in [1.807, 2.05) is 20.8 Å². The summed E-state index contributed by atoms with van der Waals surface area (Å²) in [6.45, 7) is 6.19. The molecule has 1 aromatic carbocycles. The van der Waals surface area contributed by atoms with Crippen LogP contribution in [0.5, 0.6) is 0 Å². The van der Waals surface area contributed by atoms with Crippen molar-refractivity contribution in [2.45, 2.75) is 45.4 Å². The van der Waals surface area contributed by atoms with Crippen molar-refractivity contribution in [1.82, 2.24) is 10.6 Å². The number of carbonyl (C=O) groups excluding carboxylic acids is 1. The number of aromatic carboxylic acids is 1. The van der Waals surface area contributed by atoms with E-state index in [2.05, 4.69) is 10.6 Å². The summed E-state index contributed by atoms with van der Waals surface area (Å²) in [5.74, 6) is -0.966. The molecule has 0 aromatic heterocycles. The zero-order valence-corrected chi connectivity index (χ0v) is 13.5. The maximum absolute atomic E-state index is 11.8. The van der Waals surface area contributed by atoms with Crippen LogP contribution in [0.15, 0.2) is 24.3 Å². The molecular weight excluding hydrogens is 284 g/mol. The molecule has 122 valence electrons. The lowest BCUT2D eigenvalue weighted by Gasteiger charge is -2.27. The van der Waals surface area contributed by atoms with Crippen LogP contribution in [0.25, 0.3) is 0 Å². The number of hydrogen-bond donors (Lipinski definition) is 3. The monoisotopic (exact) mass is 308 g/mol. The van der Waals surface area contributed by atoms with Gasteiger partial charge in [0.1, 0.15) is 0 Å². The molecule has 1 atom stereocenters. The van der Waals surface area contributed by atoms with Crippen LogP contribution in [0.4, 0.5) is 4.79 Å². The fourth-order valence-corrected chi connectivity index (χ4v) is 2.09. The van der Waals surface area contributed by atoms with Gasteiger partial charge >= 0.3 is 12.0 Å². The summed E-state index contributed by atoms with van der Waals surface area (Å²) in [6, 6.07) is 6.11. The normalized spacial score (nSPS) is 12.5. The molecular formula is C16H24N2O4. The maximum Gasteiger partial charge on any atom is 0.335 e. The molecule has 6 nitrogen and oxygen atoms in total. The van der Waals surface area contributed by atoms with Crippen molar-refractivity contribution in [1.29, 1.82) is 0 Å². The van der Waals surface area contributed by atoms with Crippen LogP contribution in [0.2, 0.25) is 0 Å². The van der Waals surface area contributed by atoms with Crippen molar-refractivity contribution in [2.75, 3.05) is 7.11 Å². The number of carboxylic acid groups (broad SMARTS) is 1. The number of nitrogens with one attached hydrogen (secondary N) is 2. The molecule has 2 amide bonds. The Labute approximate surface area is 130 Å². The van der Waals surface area contributed by atoms with Gasteiger partial charge in [0, 0.05) is 19.7 Å². The first-order valence-corrected chi connectivity index (χ1v) is 7.15. The summed E-state index contributed by atoms with van der Waals surface area (Å²) in [5, 5.41) is 14.4. The molecule has 0 fully saturated rings. The molecule has 0 aliphatic heterocycles. The fourth-order valence-electron chi connectivity index (χ4n) is 2.09. The van der Waals surface area contributed by atoms with Crippen LogP contribution in [-0.4, -0.2) is 35.9 Å². The Kier molecular flexibility index (Phi) is 6.37. The summed E-state index contributed by atoms with van der Waals surface area (Å²) >= 11 is 0. The lowest BCUT2D eigenvalue weighted by Crippen LogP contribution is -2.43. The minimum absolute atomic E-state index is 0.0238. The molecule has 1 rings (SSSR count). The smallest absolute Gasteiger partial charge is 0.335 e. The van der Waals surface area contributed by atoms with Crippen LogP contribution in [0, 0.1) is 0 Å². The van der Waals surface area contributed by atoms with Gasteiger partial charge in [-0.1, -0.05) is 12.1 Å². The quantitative estimate of drug-likeness (QED) is 0.721. The standard InChI is InChI=1S/C16H24N2O4/c1-11(9-16(2,3)22-4)18-15(21)17-10-12-5-7-13(8-6-12)14(19)20/h5-8,11H,9-10H2,1-4H3,(H,19,20)(H2,17,18,21). The van der Waals surface area contributed by atoms with Gasteiger partial charge in [-0.25, -0.2) is 9.59 Å². The summed E-state index contributed by atoms with van der Waals surface area (Å²) in [4.78, 5) is 22.6. The summed E-state index contributed by atoms with van der Waals surface area (Å²) in [5.41, 5.74) is 0.771. The van der Waals surface area contributed by atoms with Crippen molar-refractivity contribution < 1.29 is 19.4 Å². The van der Waals surface area contributed by atoms with Crippen LogP contribution < -0.4 is 10.6 Å². The first-order valence-electron chi connectivity index (χ1n) is 7.15. The Morgan fingerprint density at radius 1 is 1.27 bits per heavy atom. The molecule has 0 radical (unpaired) electrons. The molecule has 0 aliphatic carbocycles. The number of rotatable bonds is 7. The number of hydrogen-bond acceptors (Lipinski definition) is 3. The van der Waals surface area contributed by atoms with Gasteiger partial charge in [-0.05, 0) is 44.9 Å². The Morgan fingerprint density at radius 3 is 2.36 bits per heavy atom. The van der Waals surface area contributed by atoms with Gasteiger partial charge < -0.3 is 20.5 Å². The third kappa shape index (κ3) is 6.13. The molecule has 3 N–H and O–H groups in total. The highest BCUT2D eigenvalue weighted by Gasteiger charge is 2.21. The van der Waals surface area contributed by atoms with Crippen molar-refractivity contribution in [3.8, 4) is 0 Å². The first-order chi connectivity index (χ1) is 10.2. The third-order valence-corrected chi connectivity index (χ3v) is 3.38. The second kappa shape index (κ2) is 7.79. The highest BCUT2D eigenvalue weighted by Crippen LogP contribution is 2.15. The molecule has 0 bridgehead atoms. The van der Waals surface area contributed by atoms with Gasteiger partial charge in [0.25, 0.3) is 0 Å². The fraction of sp³-hybridized carbons (Fsp3) is 0.500. The summed E-state index contributed by atoms with van der Waals surface area (Å²) in [7, 11) is 1.65. The number of amides is 2. The van der Waals surface area contributed by atoms with E-state index < -0.39 is 5.97 Å². The predicted molar refractivity (Wildman–Crippen MR) is 83.9 cm³/mol. The Balaban J connectivity index is 2.41. The van der Waals surface area contributed by atoms with Gasteiger partial charge in [0.05, 0.1) is 11.2 Å². The van der Waals surface area contributed by atoms with Gasteiger partial charge in [-0.2, -0.15) is 0 Å². The van der Waals surface area contributed by atoms with Gasteiger partial charge in [-0.15, -0.1) is 0 Å². The molecule has 6 heteroatoms. The molecule has 0 saturated heterocycles. The second-order valence-corrected chi connectivity index (χ2v) is 5.90. The molecule has 22 heavy (non-hydrogen) atoms. The maximum atomic E-state index is 11.8. The molecule has 0 saturated carbocycles. The topological polar surface area (TPSA) is 87.7 Å². The number of carbonyl (C=O) groups is 2. The van der Waals surface area contributed by atoms with E-state index in [1.165, 1.54) is 12.1 Å². The number of urea groups is 1. The Morgan fingerprint density at radius 2 is 1.86 bits per heavy atom. The number of carboxylic acids is 1. The van der Waals surface area contributed by atoms with Crippen LogP contribution in [0.1, 0.15) is 43.1 Å². The van der Waals surface area contributed by atoms with E-state index in [-0.39, 0.29) is 23.2 Å². The van der Waals surface area contributed by atoms with E-state index in [9.17, 15) is 9.59 Å². The number of ether oxygens (including phenoxy) is 1. The molecule has 1 unspecified atom stereocenters. The average Bonchev–Trinajstić information content (AvgIpc) is 2.44. The molecule has 1 aromatic rings. The van der Waals surface area contributed by atoms with Crippen molar-refractivity contribution in [2.24, 2.45) is 0 Å². The zero-order chi connectivity index (χ0) is 16.8. The van der Waals surface area contributed by atoms with Crippen LogP contribution >= 0.6 is 0 Å². The third-order valence-electron chi connectivity index (χ3n) is 3.38. The summed E-state index contributed by atoms with van der Waals surface area (Å²) < 4.78 is 5.33. The number of benzene rings is 1. The van der Waals surface area contributed by atoms with Crippen molar-refractivity contribution >= 4 is 12.0 Å². The predicted octanol–water partition coefficient (Wildman–Crippen LogP) is 2.39. The average molecular weight is 308 g/mol. The van der Waals surface area contributed by atoms with Gasteiger partial charge in [0.2, 0.25) is 0 Å². The molecule has 0 heterocycles. The SMILES string of the molecule is COC(C)(C)CC(C)NC(=O)NCc1ccc(C(=O)O)cc1. The lowest BCUT2D eigenvalue weighted by molar-refractivity contribution is 0.00949. The van der Waals surface area contributed by atoms with Crippen LogP contribution in [-0.2, 0) is 11.3 Å². The van der Waals surface area contributed by atoms with Crippen LogP contribution in [0.3, 0.4) is 0 Å². The Bertz CT molecular complexity index is 511. The van der Waals surface area contributed by atoms with E-state index in [1.54, 1.807) is 19.2 Å². The van der Waals surface area contributed by atoms with Gasteiger partial charge in [-0.3, -0.25) is 0 Å². The van der Waals surface area contributed by atoms with E-state index >= 15 is 0 Å². The molecule has 0 spiro atoms. The highest BCUT2D eigenvalue weighted by atomic mass is 16.5. The molecule has 0 aliphatic rings. The van der Waals surface area contributed by atoms with Crippen molar-refractivity contribution in [3.63, 3.8) is 0 Å². The summed E-state index contributed by atoms with van der Waals surface area (Å²) in [6.07, 6.45) is 0.699.